The summed E-state index contributed by atoms with van der Waals surface area (Å²) in [4.78, 5) is 40.9. The minimum absolute atomic E-state index is 0.00145. The topological polar surface area (TPSA) is 87.7 Å². The van der Waals surface area contributed by atoms with Crippen molar-refractivity contribution in [3.63, 3.8) is 0 Å². The van der Waals surface area contributed by atoms with Crippen molar-refractivity contribution in [1.29, 1.82) is 0 Å². The summed E-state index contributed by atoms with van der Waals surface area (Å²) in [5.74, 6) is 0.290. The molecule has 12 heteroatoms. The maximum atomic E-state index is 13.4. The number of carbonyl (C=O) groups is 3. The lowest BCUT2D eigenvalue weighted by atomic mass is 9.97. The lowest BCUT2D eigenvalue weighted by Gasteiger charge is -2.31. The number of esters is 1. The highest BCUT2D eigenvalue weighted by Gasteiger charge is 2.30. The molecule has 0 spiro atoms. The molecule has 0 aromatic heterocycles. The van der Waals surface area contributed by atoms with Gasteiger partial charge in [0.15, 0.2) is 0 Å². The number of hydrogen-bond donors (Lipinski definition) is 2. The fraction of sp³-hybridized carbons (Fsp3) is 0.457. The van der Waals surface area contributed by atoms with E-state index in [1.807, 2.05) is 67.5 Å². The van der Waals surface area contributed by atoms with Crippen LogP contribution in [0.4, 0.5) is 13.2 Å². The number of nitrogens with one attached hydrogen (secondary N) is 2. The molecular formula is C35H44F3N3O4S2. The molecule has 7 nitrogen and oxygen atoms in total. The highest BCUT2D eigenvalue weighted by molar-refractivity contribution is 7.99. The fourth-order valence-electron chi connectivity index (χ4n) is 5.16. The van der Waals surface area contributed by atoms with Gasteiger partial charge in [0.1, 0.15) is 6.04 Å². The highest BCUT2D eigenvalue weighted by atomic mass is 32.2. The summed E-state index contributed by atoms with van der Waals surface area (Å²) in [6, 6.07) is 18.0. The Labute approximate surface area is 283 Å². The number of amides is 2. The molecule has 2 amide bonds. The van der Waals surface area contributed by atoms with E-state index in [2.05, 4.69) is 10.6 Å². The van der Waals surface area contributed by atoms with Gasteiger partial charge >= 0.3 is 12.1 Å². The first kappa shape index (κ1) is 38.2. The van der Waals surface area contributed by atoms with Crippen LogP contribution in [0.25, 0.3) is 10.8 Å². The maximum absolute atomic E-state index is 13.4. The van der Waals surface area contributed by atoms with Crippen LogP contribution in [0.1, 0.15) is 43.4 Å². The number of alkyl halides is 3. The number of hydrogen-bond acceptors (Lipinski definition) is 7. The molecule has 0 fully saturated rings. The monoisotopic (exact) mass is 691 g/mol. The SMILES string of the molecule is CC[C@H](C)[C@@H](CN(CC(=O)N[C@@H](CCSC)C(=O)OC)Cc1cccc2ccccc12)NC(=O)CSCc1ccc(C(F)(F)F)cc1. The van der Waals surface area contributed by atoms with Gasteiger partial charge in [-0.05, 0) is 58.4 Å². The van der Waals surface area contributed by atoms with Gasteiger partial charge in [-0.1, -0.05) is 74.9 Å². The number of thioether (sulfide) groups is 2. The summed E-state index contributed by atoms with van der Waals surface area (Å²) in [5, 5.41) is 8.14. The quantitative estimate of drug-likeness (QED) is 0.147. The van der Waals surface area contributed by atoms with Crippen LogP contribution in [0.2, 0.25) is 0 Å². The predicted molar refractivity (Wildman–Crippen MR) is 185 cm³/mol. The third kappa shape index (κ3) is 12.4. The summed E-state index contributed by atoms with van der Waals surface area (Å²) < 4.78 is 43.6. The predicted octanol–water partition coefficient (Wildman–Crippen LogP) is 6.54. The van der Waals surface area contributed by atoms with Crippen LogP contribution in [0.15, 0.2) is 66.7 Å². The smallest absolute Gasteiger partial charge is 0.416 e. The average molecular weight is 692 g/mol. The number of fused-ring (bicyclic) bond motifs is 1. The molecule has 0 bridgehead atoms. The molecule has 0 aliphatic rings. The summed E-state index contributed by atoms with van der Waals surface area (Å²) in [5.41, 5.74) is 1.02. The van der Waals surface area contributed by atoms with Crippen molar-refractivity contribution in [3.05, 3.63) is 83.4 Å². The Hall–Kier alpha value is -3.22. The number of nitrogens with zero attached hydrogens (tertiary/aromatic N) is 1. The van der Waals surface area contributed by atoms with E-state index in [1.165, 1.54) is 31.0 Å². The normalized spacial score (nSPS) is 13.6. The Bertz CT molecular complexity index is 1450. The molecule has 2 N–H and O–H groups in total. The van der Waals surface area contributed by atoms with E-state index in [9.17, 15) is 27.6 Å². The summed E-state index contributed by atoms with van der Waals surface area (Å²) in [7, 11) is 1.30. The molecule has 3 aromatic carbocycles. The third-order valence-electron chi connectivity index (χ3n) is 7.99. The molecule has 0 aliphatic carbocycles. The summed E-state index contributed by atoms with van der Waals surface area (Å²) >= 11 is 2.90. The van der Waals surface area contributed by atoms with Crippen molar-refractivity contribution in [2.75, 3.05) is 38.0 Å². The second-order valence-electron chi connectivity index (χ2n) is 11.5. The average Bonchev–Trinajstić information content (AvgIpc) is 3.05. The molecule has 0 unspecified atom stereocenters. The van der Waals surface area contributed by atoms with Crippen molar-refractivity contribution >= 4 is 52.1 Å². The highest BCUT2D eigenvalue weighted by Crippen LogP contribution is 2.29. The molecule has 0 heterocycles. The van der Waals surface area contributed by atoms with Crippen molar-refractivity contribution in [3.8, 4) is 0 Å². The second-order valence-corrected chi connectivity index (χ2v) is 13.5. The Balaban J connectivity index is 1.74. The minimum Gasteiger partial charge on any atom is -0.467 e. The summed E-state index contributed by atoms with van der Waals surface area (Å²) in [6.45, 7) is 4.91. The van der Waals surface area contributed by atoms with E-state index in [0.29, 0.717) is 36.6 Å². The van der Waals surface area contributed by atoms with E-state index in [-0.39, 0.29) is 36.1 Å². The number of benzene rings is 3. The van der Waals surface area contributed by atoms with Crippen LogP contribution in [-0.2, 0) is 37.6 Å². The van der Waals surface area contributed by atoms with Crippen molar-refractivity contribution in [1.82, 2.24) is 15.5 Å². The van der Waals surface area contributed by atoms with E-state index in [0.717, 1.165) is 34.9 Å². The number of rotatable bonds is 18. The molecule has 0 radical (unpaired) electrons. The van der Waals surface area contributed by atoms with E-state index in [4.69, 9.17) is 4.74 Å². The maximum Gasteiger partial charge on any atom is 0.416 e. The van der Waals surface area contributed by atoms with Gasteiger partial charge in [-0.15, -0.1) is 11.8 Å². The molecule has 3 aromatic rings. The fourth-order valence-corrected chi connectivity index (χ4v) is 6.43. The first-order chi connectivity index (χ1) is 22.4. The van der Waals surface area contributed by atoms with Crippen molar-refractivity contribution in [2.24, 2.45) is 5.92 Å². The van der Waals surface area contributed by atoms with E-state index < -0.39 is 23.8 Å². The molecule has 3 rings (SSSR count). The number of halogens is 3. The van der Waals surface area contributed by atoms with Crippen molar-refractivity contribution < 1.29 is 32.3 Å². The van der Waals surface area contributed by atoms with Gasteiger partial charge < -0.3 is 15.4 Å². The molecule has 0 saturated carbocycles. The Morgan fingerprint density at radius 3 is 2.32 bits per heavy atom. The second kappa shape index (κ2) is 18.9. The number of ether oxygens (including phenoxy) is 1. The zero-order valence-corrected chi connectivity index (χ0v) is 28.9. The van der Waals surface area contributed by atoms with Gasteiger partial charge in [-0.25, -0.2) is 4.79 Å². The summed E-state index contributed by atoms with van der Waals surface area (Å²) in [6.07, 6.45) is -1.23. The van der Waals surface area contributed by atoms with Gasteiger partial charge in [-0.3, -0.25) is 14.5 Å². The van der Waals surface area contributed by atoms with Gasteiger partial charge in [0.2, 0.25) is 11.8 Å². The van der Waals surface area contributed by atoms with Crippen LogP contribution in [0, 0.1) is 5.92 Å². The lowest BCUT2D eigenvalue weighted by molar-refractivity contribution is -0.145. The Morgan fingerprint density at radius 1 is 0.957 bits per heavy atom. The van der Waals surface area contributed by atoms with Crippen LogP contribution in [0.3, 0.4) is 0 Å². The van der Waals surface area contributed by atoms with E-state index in [1.54, 1.807) is 11.8 Å². The van der Waals surface area contributed by atoms with Crippen LogP contribution in [0.5, 0.6) is 0 Å². The van der Waals surface area contributed by atoms with Gasteiger partial charge in [0.25, 0.3) is 0 Å². The third-order valence-corrected chi connectivity index (χ3v) is 9.64. The Kier molecular flexibility index (Phi) is 15.4. The molecule has 0 saturated heterocycles. The largest absolute Gasteiger partial charge is 0.467 e. The molecule has 3 atom stereocenters. The standard InChI is InChI=1S/C35H44F3N3O4S2/c1-5-24(2)31(40-33(43)23-47-22-25-13-15-28(16-14-25)35(36,37)38)20-41(19-27-11-8-10-26-9-6-7-12-29(26)27)21-32(42)39-30(17-18-46-4)34(44)45-3/h6-16,24,30-31H,5,17-23H2,1-4H3,(H,39,42)(H,40,43)/t24-,30-,31+/m0/s1. The number of methoxy groups -OCH3 is 1. The zero-order valence-electron chi connectivity index (χ0n) is 27.3. The van der Waals surface area contributed by atoms with Crippen molar-refractivity contribution in [2.45, 2.75) is 57.2 Å². The van der Waals surface area contributed by atoms with Crippen LogP contribution < -0.4 is 10.6 Å². The first-order valence-corrected chi connectivity index (χ1v) is 18.1. The van der Waals surface area contributed by atoms with Gasteiger partial charge in [0, 0.05) is 24.9 Å². The Morgan fingerprint density at radius 2 is 1.66 bits per heavy atom. The molecule has 47 heavy (non-hydrogen) atoms. The molecular weight excluding hydrogens is 648 g/mol. The van der Waals surface area contributed by atoms with Crippen LogP contribution >= 0.6 is 23.5 Å². The van der Waals surface area contributed by atoms with Gasteiger partial charge in [-0.2, -0.15) is 24.9 Å². The van der Waals surface area contributed by atoms with Crippen LogP contribution in [-0.4, -0.2) is 72.7 Å². The van der Waals surface area contributed by atoms with Gasteiger partial charge in [0.05, 0.1) is 25.0 Å². The number of carbonyl (C=O) groups excluding carboxylic acids is 3. The zero-order chi connectivity index (χ0) is 34.4. The van der Waals surface area contributed by atoms with E-state index >= 15 is 0 Å². The molecule has 256 valence electrons. The molecule has 0 aliphatic heterocycles. The lowest BCUT2D eigenvalue weighted by Crippen LogP contribution is -2.51. The first-order valence-electron chi connectivity index (χ1n) is 15.5. The minimum atomic E-state index is -4.39.